The first-order chi connectivity index (χ1) is 13.4. The molecule has 0 heterocycles. The highest BCUT2D eigenvalue weighted by Gasteiger charge is 2.40. The summed E-state index contributed by atoms with van der Waals surface area (Å²) in [6, 6.07) is 6.26. The molecule has 1 N–H and O–H groups in total. The zero-order valence-corrected chi connectivity index (χ0v) is 19.1. The van der Waals surface area contributed by atoms with E-state index in [4.69, 9.17) is 18.5 Å². The first kappa shape index (κ1) is 25.1. The van der Waals surface area contributed by atoms with E-state index in [2.05, 4.69) is 5.32 Å². The molecule has 0 radical (unpaired) electrons. The fourth-order valence-electron chi connectivity index (χ4n) is 2.53. The maximum Gasteiger partial charge on any atom is 0.408 e. The third-order valence-corrected chi connectivity index (χ3v) is 5.92. The molecule has 0 aromatic heterocycles. The molecule has 0 aliphatic heterocycles. The summed E-state index contributed by atoms with van der Waals surface area (Å²) < 4.78 is 34.0. The van der Waals surface area contributed by atoms with Gasteiger partial charge in [0.1, 0.15) is 5.60 Å². The van der Waals surface area contributed by atoms with Gasteiger partial charge in [0.15, 0.2) is 5.54 Å². The number of alkyl carbamates (subject to hydrolysis) is 1. The van der Waals surface area contributed by atoms with Crippen molar-refractivity contribution in [3.63, 3.8) is 0 Å². The Morgan fingerprint density at radius 3 is 1.86 bits per heavy atom. The van der Waals surface area contributed by atoms with Gasteiger partial charge in [-0.15, -0.1) is 0 Å². The normalized spacial score (nSPS) is 14.0. The second-order valence-electron chi connectivity index (χ2n) is 7.35. The minimum Gasteiger partial charge on any atom is -0.464 e. The van der Waals surface area contributed by atoms with Gasteiger partial charge in [-0.2, -0.15) is 0 Å². The van der Waals surface area contributed by atoms with Crippen LogP contribution in [-0.4, -0.2) is 37.5 Å². The monoisotopic (exact) mass is 429 g/mol. The third-order valence-electron chi connectivity index (χ3n) is 3.79. The van der Waals surface area contributed by atoms with E-state index in [1.54, 1.807) is 65.8 Å². The lowest BCUT2D eigenvalue weighted by molar-refractivity contribution is -0.151. The summed E-state index contributed by atoms with van der Waals surface area (Å²) in [5, 5.41) is 2.95. The summed E-state index contributed by atoms with van der Waals surface area (Å²) in [5.74, 6) is -0.642. The number of benzene rings is 1. The van der Waals surface area contributed by atoms with Gasteiger partial charge in [-0.3, -0.25) is 4.57 Å². The van der Waals surface area contributed by atoms with Crippen LogP contribution >= 0.6 is 7.60 Å². The number of esters is 1. The predicted molar refractivity (Wildman–Crippen MR) is 110 cm³/mol. The van der Waals surface area contributed by atoms with Crippen molar-refractivity contribution in [2.75, 3.05) is 19.8 Å². The van der Waals surface area contributed by atoms with E-state index >= 15 is 0 Å². The Morgan fingerprint density at radius 1 is 0.931 bits per heavy atom. The molecule has 1 amide bonds. The third kappa shape index (κ3) is 6.84. The fraction of sp³-hybridized carbons (Fsp3) is 0.600. The van der Waals surface area contributed by atoms with Crippen molar-refractivity contribution in [1.29, 1.82) is 0 Å². The first-order valence-corrected chi connectivity index (χ1v) is 11.1. The number of hydrogen-bond acceptors (Lipinski definition) is 7. The van der Waals surface area contributed by atoms with Gasteiger partial charge in [0, 0.05) is 0 Å². The number of carbonyl (C=O) groups excluding carboxylic acids is 2. The van der Waals surface area contributed by atoms with Gasteiger partial charge in [-0.25, -0.2) is 9.59 Å². The number of amides is 1. The Kier molecular flexibility index (Phi) is 8.87. The molecule has 0 aliphatic carbocycles. The summed E-state index contributed by atoms with van der Waals surface area (Å²) in [6.45, 7) is 12.4. The van der Waals surface area contributed by atoms with Crippen LogP contribution in [0.4, 0.5) is 4.79 Å². The van der Waals surface area contributed by atoms with Crippen molar-refractivity contribution in [2.45, 2.75) is 59.6 Å². The highest BCUT2D eigenvalue weighted by molar-refractivity contribution is 7.62. The Bertz CT molecular complexity index is 732. The summed E-state index contributed by atoms with van der Waals surface area (Å²) in [5.41, 5.74) is -1.80. The smallest absolute Gasteiger partial charge is 0.408 e. The maximum absolute atomic E-state index is 12.9. The van der Waals surface area contributed by atoms with Crippen LogP contribution in [0.1, 0.15) is 54.0 Å². The van der Waals surface area contributed by atoms with E-state index < -0.39 is 30.8 Å². The molecule has 0 aliphatic rings. The van der Waals surface area contributed by atoms with Gasteiger partial charge in [0.25, 0.3) is 0 Å². The molecule has 1 aromatic carbocycles. The molecule has 1 rings (SSSR count). The molecule has 29 heavy (non-hydrogen) atoms. The lowest BCUT2D eigenvalue weighted by atomic mass is 9.92. The lowest BCUT2D eigenvalue weighted by Crippen LogP contribution is -2.51. The molecular formula is C20H32NO7P. The standard InChI is InChI=1S/C20H32NO7P/c1-8-25-17(22)20(7,21-18(23)28-19(4,5)6)15-11-13-16(14-12-15)29(24,26-9-2)27-10-3/h11-14H,8-10H2,1-7H3,(H,21,23)/t20-/m0/s1. The van der Waals surface area contributed by atoms with Crippen LogP contribution in [0.3, 0.4) is 0 Å². The van der Waals surface area contributed by atoms with Gasteiger partial charge < -0.3 is 23.8 Å². The summed E-state index contributed by atoms with van der Waals surface area (Å²) in [6.07, 6.45) is -0.758. The Balaban J connectivity index is 3.28. The molecule has 1 atom stereocenters. The van der Waals surface area contributed by atoms with Crippen molar-refractivity contribution < 1.29 is 32.7 Å². The zero-order chi connectivity index (χ0) is 22.3. The van der Waals surface area contributed by atoms with Crippen molar-refractivity contribution in [3.05, 3.63) is 29.8 Å². The van der Waals surface area contributed by atoms with Gasteiger partial charge in [-0.1, -0.05) is 12.1 Å². The molecule has 9 heteroatoms. The molecule has 0 spiro atoms. The maximum atomic E-state index is 12.9. The van der Waals surface area contributed by atoms with Crippen molar-refractivity contribution in [1.82, 2.24) is 5.32 Å². The number of hydrogen-bond donors (Lipinski definition) is 1. The van der Waals surface area contributed by atoms with Gasteiger partial charge >= 0.3 is 19.7 Å². The van der Waals surface area contributed by atoms with E-state index in [9.17, 15) is 14.2 Å². The Labute approximate surface area is 172 Å². The highest BCUT2D eigenvalue weighted by Crippen LogP contribution is 2.46. The average Bonchev–Trinajstić information content (AvgIpc) is 2.60. The van der Waals surface area contributed by atoms with E-state index in [0.717, 1.165) is 0 Å². The second kappa shape index (κ2) is 10.2. The van der Waals surface area contributed by atoms with Crippen LogP contribution in [0, 0.1) is 0 Å². The number of nitrogens with one attached hydrogen (secondary N) is 1. The number of rotatable bonds is 9. The molecule has 0 saturated carbocycles. The summed E-state index contributed by atoms with van der Waals surface area (Å²) >= 11 is 0. The van der Waals surface area contributed by atoms with E-state index in [0.29, 0.717) is 10.9 Å². The minimum atomic E-state index is -3.46. The van der Waals surface area contributed by atoms with Crippen LogP contribution in [0.2, 0.25) is 0 Å². The summed E-state index contributed by atoms with van der Waals surface area (Å²) in [7, 11) is -3.46. The largest absolute Gasteiger partial charge is 0.464 e. The van der Waals surface area contributed by atoms with Crippen molar-refractivity contribution >= 4 is 25.0 Å². The number of carbonyl (C=O) groups is 2. The van der Waals surface area contributed by atoms with Crippen molar-refractivity contribution in [3.8, 4) is 0 Å². The SMILES string of the molecule is CCOC(=O)[C@@](C)(NC(=O)OC(C)(C)C)c1ccc(P(=O)(OCC)OCC)cc1. The van der Waals surface area contributed by atoms with Crippen LogP contribution in [0.25, 0.3) is 0 Å². The van der Waals surface area contributed by atoms with Gasteiger partial charge in [0.2, 0.25) is 0 Å². The zero-order valence-electron chi connectivity index (χ0n) is 18.2. The Morgan fingerprint density at radius 2 is 1.45 bits per heavy atom. The van der Waals surface area contributed by atoms with Crippen LogP contribution in [-0.2, 0) is 33.4 Å². The van der Waals surface area contributed by atoms with Gasteiger partial charge in [0.05, 0.1) is 25.1 Å². The summed E-state index contributed by atoms with van der Waals surface area (Å²) in [4.78, 5) is 25.0. The van der Waals surface area contributed by atoms with E-state index in [-0.39, 0.29) is 19.8 Å². The second-order valence-corrected chi connectivity index (χ2v) is 9.38. The Hall–Kier alpha value is -1.89. The molecule has 8 nitrogen and oxygen atoms in total. The van der Waals surface area contributed by atoms with E-state index in [1.165, 1.54) is 6.92 Å². The first-order valence-electron chi connectivity index (χ1n) is 9.60. The fourth-order valence-corrected chi connectivity index (χ4v) is 4.09. The van der Waals surface area contributed by atoms with Crippen molar-refractivity contribution in [2.24, 2.45) is 0 Å². The van der Waals surface area contributed by atoms with E-state index in [1.807, 2.05) is 0 Å². The predicted octanol–water partition coefficient (Wildman–Crippen LogP) is 3.88. The molecule has 0 bridgehead atoms. The van der Waals surface area contributed by atoms with Gasteiger partial charge in [-0.05, 0) is 66.2 Å². The minimum absolute atomic E-state index is 0.145. The quantitative estimate of drug-likeness (QED) is 0.470. The van der Waals surface area contributed by atoms with Crippen LogP contribution < -0.4 is 10.6 Å². The molecule has 164 valence electrons. The van der Waals surface area contributed by atoms with Crippen LogP contribution in [0.15, 0.2) is 24.3 Å². The molecule has 0 saturated heterocycles. The molecular weight excluding hydrogens is 397 g/mol. The topological polar surface area (TPSA) is 100 Å². The molecule has 1 aromatic rings. The van der Waals surface area contributed by atoms with Crippen LogP contribution in [0.5, 0.6) is 0 Å². The molecule has 0 fully saturated rings. The molecule has 0 unspecified atom stereocenters. The highest BCUT2D eigenvalue weighted by atomic mass is 31.2. The number of ether oxygens (including phenoxy) is 2. The lowest BCUT2D eigenvalue weighted by Gasteiger charge is -2.30. The average molecular weight is 429 g/mol.